The van der Waals surface area contributed by atoms with E-state index in [1.165, 1.54) is 25.3 Å². The summed E-state index contributed by atoms with van der Waals surface area (Å²) in [5.41, 5.74) is 6.49. The van der Waals surface area contributed by atoms with E-state index in [0.29, 0.717) is 40.9 Å². The molecule has 33 heavy (non-hydrogen) atoms. The van der Waals surface area contributed by atoms with Crippen molar-refractivity contribution in [1.29, 1.82) is 0 Å². The van der Waals surface area contributed by atoms with Gasteiger partial charge in [0.25, 0.3) is 5.91 Å². The Balaban J connectivity index is 0.00000385. The van der Waals surface area contributed by atoms with Crippen molar-refractivity contribution in [3.05, 3.63) is 52.8 Å². The number of carbonyl (C=O) groups excluding carboxylic acids is 1. The molecule has 0 aliphatic carbocycles. The van der Waals surface area contributed by atoms with E-state index in [2.05, 4.69) is 10.2 Å². The Bertz CT molecular complexity index is 919. The van der Waals surface area contributed by atoms with E-state index in [1.54, 1.807) is 25.3 Å². The van der Waals surface area contributed by atoms with Crippen LogP contribution >= 0.6 is 11.6 Å². The third kappa shape index (κ3) is 7.73. The topological polar surface area (TPSA) is 86.0 Å². The van der Waals surface area contributed by atoms with Gasteiger partial charge in [0.05, 0.1) is 42.1 Å². The SMILES string of the molecule is COc1cc(N)c(Cl)cc1C(=O)NC1CCN(CCCOc2ccc(F)cc2)CC1OC.[NaH]. The molecule has 7 nitrogen and oxygen atoms in total. The van der Waals surface area contributed by atoms with E-state index in [0.717, 1.165) is 25.9 Å². The molecule has 2 unspecified atom stereocenters. The van der Waals surface area contributed by atoms with E-state index in [1.807, 2.05) is 0 Å². The minimum atomic E-state index is -0.282. The third-order valence-corrected chi connectivity index (χ3v) is 5.85. The van der Waals surface area contributed by atoms with Crippen LogP contribution in [0.5, 0.6) is 11.5 Å². The number of nitrogens with zero attached hydrogens (tertiary/aromatic N) is 1. The van der Waals surface area contributed by atoms with Gasteiger partial charge < -0.3 is 30.2 Å². The molecule has 0 aromatic heterocycles. The number of benzene rings is 2. The van der Waals surface area contributed by atoms with Gasteiger partial charge in [-0.3, -0.25) is 4.79 Å². The number of anilines is 1. The van der Waals surface area contributed by atoms with Gasteiger partial charge in [-0.1, -0.05) is 11.6 Å². The zero-order chi connectivity index (χ0) is 23.1. The molecule has 1 saturated heterocycles. The van der Waals surface area contributed by atoms with Crippen molar-refractivity contribution in [2.24, 2.45) is 0 Å². The second kappa shape index (κ2) is 13.4. The van der Waals surface area contributed by atoms with Crippen molar-refractivity contribution in [2.45, 2.75) is 25.0 Å². The van der Waals surface area contributed by atoms with E-state index in [9.17, 15) is 9.18 Å². The summed E-state index contributed by atoms with van der Waals surface area (Å²) in [7, 11) is 3.13. The van der Waals surface area contributed by atoms with Crippen LogP contribution in [0.2, 0.25) is 5.02 Å². The van der Waals surface area contributed by atoms with Crippen LogP contribution in [0.4, 0.5) is 10.1 Å². The molecule has 1 amide bonds. The summed E-state index contributed by atoms with van der Waals surface area (Å²) < 4.78 is 29.5. The van der Waals surface area contributed by atoms with Crippen molar-refractivity contribution in [3.8, 4) is 11.5 Å². The predicted molar refractivity (Wildman–Crippen MR) is 129 cm³/mol. The first-order valence-corrected chi connectivity index (χ1v) is 10.9. The molecule has 3 rings (SSSR count). The average molecular weight is 490 g/mol. The molecule has 1 aliphatic heterocycles. The molecule has 0 bridgehead atoms. The molecule has 0 spiro atoms. The fraction of sp³-hybridized carbons (Fsp3) is 0.435. The average Bonchev–Trinajstić information content (AvgIpc) is 2.80. The number of rotatable bonds is 9. The first-order valence-electron chi connectivity index (χ1n) is 10.5. The van der Waals surface area contributed by atoms with Gasteiger partial charge in [-0.2, -0.15) is 0 Å². The predicted octanol–water partition coefficient (Wildman–Crippen LogP) is 2.71. The van der Waals surface area contributed by atoms with Crippen LogP contribution in [0.15, 0.2) is 36.4 Å². The molecule has 1 fully saturated rings. The van der Waals surface area contributed by atoms with Crippen LogP contribution in [0, 0.1) is 5.82 Å². The van der Waals surface area contributed by atoms with Gasteiger partial charge in [0.1, 0.15) is 17.3 Å². The number of nitrogens with one attached hydrogen (secondary N) is 1. The molecule has 1 heterocycles. The van der Waals surface area contributed by atoms with Crippen LogP contribution in [-0.4, -0.2) is 93.0 Å². The number of hydrogen-bond donors (Lipinski definition) is 2. The maximum atomic E-state index is 12.9. The first-order chi connectivity index (χ1) is 15.4. The van der Waals surface area contributed by atoms with Crippen molar-refractivity contribution in [2.75, 3.05) is 46.2 Å². The van der Waals surface area contributed by atoms with Crippen LogP contribution in [0.1, 0.15) is 23.2 Å². The Morgan fingerprint density at radius 2 is 2.00 bits per heavy atom. The van der Waals surface area contributed by atoms with Crippen LogP contribution in [0.3, 0.4) is 0 Å². The van der Waals surface area contributed by atoms with Gasteiger partial charge in [0.2, 0.25) is 0 Å². The zero-order valence-electron chi connectivity index (χ0n) is 18.3. The van der Waals surface area contributed by atoms with Gasteiger partial charge in [0, 0.05) is 32.8 Å². The number of methoxy groups -OCH3 is 2. The Morgan fingerprint density at radius 1 is 1.27 bits per heavy atom. The summed E-state index contributed by atoms with van der Waals surface area (Å²) >= 11 is 6.09. The van der Waals surface area contributed by atoms with Gasteiger partial charge >= 0.3 is 29.6 Å². The minimum absolute atomic E-state index is 0. The molecule has 0 radical (unpaired) electrons. The fourth-order valence-electron chi connectivity index (χ4n) is 3.76. The standard InChI is InChI=1S/C23H29ClFN3O4.Na.H/c1-30-21-13-19(26)18(24)12-17(21)23(29)27-20-8-10-28(14-22(20)31-2)9-3-11-32-16-6-4-15(25)5-7-16;;/h4-7,12-13,20,22H,3,8-11,14,26H2,1-2H3,(H,27,29);;. The number of carbonyl (C=O) groups is 1. The van der Waals surface area contributed by atoms with Gasteiger partial charge in [-0.15, -0.1) is 0 Å². The van der Waals surface area contributed by atoms with Crippen molar-refractivity contribution >= 4 is 52.8 Å². The number of nitrogen functional groups attached to an aromatic ring is 1. The second-order valence-electron chi connectivity index (χ2n) is 7.67. The van der Waals surface area contributed by atoms with Gasteiger partial charge in [-0.25, -0.2) is 4.39 Å². The summed E-state index contributed by atoms with van der Waals surface area (Å²) in [5.74, 6) is 0.463. The van der Waals surface area contributed by atoms with Crippen LogP contribution in [-0.2, 0) is 4.74 Å². The summed E-state index contributed by atoms with van der Waals surface area (Å²) in [4.78, 5) is 15.1. The Hall–Kier alpha value is -1.55. The molecular formula is C23H30ClFN3NaO4. The number of nitrogens with two attached hydrogens (primary N) is 1. The number of likely N-dealkylation sites (tertiary alicyclic amines) is 1. The third-order valence-electron chi connectivity index (χ3n) is 5.53. The summed E-state index contributed by atoms with van der Waals surface area (Å²) in [6.45, 7) is 2.89. The Morgan fingerprint density at radius 3 is 2.67 bits per heavy atom. The molecule has 3 N–H and O–H groups in total. The number of amides is 1. The van der Waals surface area contributed by atoms with E-state index in [-0.39, 0.29) is 53.4 Å². The Kier molecular flexibility index (Phi) is 11.2. The molecule has 2 aromatic carbocycles. The quantitative estimate of drug-likeness (QED) is 0.320. The first kappa shape index (κ1) is 27.7. The summed E-state index contributed by atoms with van der Waals surface area (Å²) in [6, 6.07) is 8.92. The van der Waals surface area contributed by atoms with Gasteiger partial charge in [0.15, 0.2) is 0 Å². The maximum absolute atomic E-state index is 12.9. The molecule has 1 aliphatic rings. The van der Waals surface area contributed by atoms with Crippen LogP contribution < -0.4 is 20.5 Å². The van der Waals surface area contributed by atoms with E-state index >= 15 is 0 Å². The zero-order valence-corrected chi connectivity index (χ0v) is 19.0. The number of ether oxygens (including phenoxy) is 3. The summed E-state index contributed by atoms with van der Waals surface area (Å²) in [5, 5.41) is 3.35. The Labute approximate surface area is 221 Å². The number of piperidine rings is 1. The molecule has 2 atom stereocenters. The fourth-order valence-corrected chi connectivity index (χ4v) is 3.92. The van der Waals surface area contributed by atoms with E-state index < -0.39 is 0 Å². The molecule has 2 aromatic rings. The van der Waals surface area contributed by atoms with Crippen molar-refractivity contribution in [3.63, 3.8) is 0 Å². The number of halogens is 2. The van der Waals surface area contributed by atoms with Crippen molar-refractivity contribution in [1.82, 2.24) is 10.2 Å². The molecular weight excluding hydrogens is 460 g/mol. The molecule has 10 heteroatoms. The van der Waals surface area contributed by atoms with Crippen molar-refractivity contribution < 1.29 is 23.4 Å². The number of hydrogen-bond acceptors (Lipinski definition) is 6. The summed E-state index contributed by atoms with van der Waals surface area (Å²) in [6.07, 6.45) is 1.42. The van der Waals surface area contributed by atoms with E-state index in [4.69, 9.17) is 31.5 Å². The molecule has 176 valence electrons. The molecule has 0 saturated carbocycles. The van der Waals surface area contributed by atoms with Gasteiger partial charge in [-0.05, 0) is 43.2 Å². The van der Waals surface area contributed by atoms with Crippen LogP contribution in [0.25, 0.3) is 0 Å². The normalized spacial score (nSPS) is 18.3. The monoisotopic (exact) mass is 489 g/mol. The second-order valence-corrected chi connectivity index (χ2v) is 8.08.